The van der Waals surface area contributed by atoms with Crippen molar-refractivity contribution < 1.29 is 19.1 Å². The Labute approximate surface area is 227 Å². The first-order valence-electron chi connectivity index (χ1n) is 13.9. The minimum Gasteiger partial charge on any atom is -0.381 e. The maximum Gasteiger partial charge on any atom is 0.245 e. The molecular weight excluding hydrogens is 496 g/mol. The van der Waals surface area contributed by atoms with Gasteiger partial charge >= 0.3 is 0 Å². The number of nitrogens with zero attached hydrogens (tertiary/aromatic N) is 4. The van der Waals surface area contributed by atoms with E-state index < -0.39 is 18.1 Å². The molecule has 2 aromatic heterocycles. The van der Waals surface area contributed by atoms with E-state index in [1.54, 1.807) is 29.6 Å². The van der Waals surface area contributed by atoms with Crippen LogP contribution in [-0.4, -0.2) is 64.4 Å². The average molecular weight is 531 g/mol. The summed E-state index contributed by atoms with van der Waals surface area (Å²) in [5.74, 6) is -0.374. The average Bonchev–Trinajstić information content (AvgIpc) is 3.63. The number of fused-ring (bicyclic) bond motifs is 2. The van der Waals surface area contributed by atoms with Gasteiger partial charge in [-0.2, -0.15) is 5.26 Å². The van der Waals surface area contributed by atoms with Crippen LogP contribution in [0.1, 0.15) is 51.1 Å². The second kappa shape index (κ2) is 9.87. The summed E-state index contributed by atoms with van der Waals surface area (Å²) in [6.45, 7) is 5.62. The lowest BCUT2D eigenvalue weighted by Crippen LogP contribution is -2.56. The van der Waals surface area contributed by atoms with Crippen LogP contribution in [0.3, 0.4) is 0 Å². The van der Waals surface area contributed by atoms with E-state index in [2.05, 4.69) is 40.5 Å². The normalized spacial score (nSPS) is 28.3. The molecular formula is C29H34N6O4. The first kappa shape index (κ1) is 25.7. The van der Waals surface area contributed by atoms with Gasteiger partial charge < -0.3 is 20.3 Å². The van der Waals surface area contributed by atoms with Crippen LogP contribution in [-0.2, 0) is 19.1 Å². The lowest BCUT2D eigenvalue weighted by molar-refractivity contribution is -0.144. The Balaban J connectivity index is 1.23. The molecule has 0 unspecified atom stereocenters. The zero-order valence-electron chi connectivity index (χ0n) is 22.3. The molecule has 3 amide bonds. The van der Waals surface area contributed by atoms with Crippen molar-refractivity contribution in [1.82, 2.24) is 25.5 Å². The van der Waals surface area contributed by atoms with Gasteiger partial charge in [-0.25, -0.2) is 0 Å². The molecule has 0 aromatic carbocycles. The number of piperidine rings is 1. The van der Waals surface area contributed by atoms with E-state index in [0.29, 0.717) is 49.6 Å². The molecule has 2 saturated carbocycles. The van der Waals surface area contributed by atoms with Crippen molar-refractivity contribution in [3.63, 3.8) is 0 Å². The molecule has 2 N–H and O–H groups in total. The summed E-state index contributed by atoms with van der Waals surface area (Å²) < 4.78 is 5.37. The summed E-state index contributed by atoms with van der Waals surface area (Å²) >= 11 is 0. The second-order valence-electron chi connectivity index (χ2n) is 12.1. The van der Waals surface area contributed by atoms with Crippen LogP contribution < -0.4 is 10.6 Å². The zero-order chi connectivity index (χ0) is 27.3. The van der Waals surface area contributed by atoms with Crippen LogP contribution in [0.2, 0.25) is 0 Å². The SMILES string of the molecule is CC1(C)[C@@H]2[C@@H](C(=O)N[C@H](C#N)c3cncc4cccnc34)N(C(=O)[C@H](CC3CC3)NC(=O)[C@H]3CCOC3)C[C@@H]21. The largest absolute Gasteiger partial charge is 0.381 e. The van der Waals surface area contributed by atoms with E-state index in [4.69, 9.17) is 4.74 Å². The predicted molar refractivity (Wildman–Crippen MR) is 140 cm³/mol. The van der Waals surface area contributed by atoms with Crippen LogP contribution in [0, 0.1) is 40.4 Å². The van der Waals surface area contributed by atoms with E-state index in [-0.39, 0.29) is 40.9 Å². The Morgan fingerprint density at radius 3 is 2.74 bits per heavy atom. The van der Waals surface area contributed by atoms with E-state index in [1.165, 1.54) is 0 Å². The Kier molecular flexibility index (Phi) is 6.50. The molecule has 204 valence electrons. The maximum atomic E-state index is 14.0. The molecule has 0 radical (unpaired) electrons. The number of amides is 3. The van der Waals surface area contributed by atoms with Crippen molar-refractivity contribution in [3.05, 3.63) is 36.3 Å². The van der Waals surface area contributed by atoms with E-state index in [0.717, 1.165) is 18.2 Å². The highest BCUT2D eigenvalue weighted by atomic mass is 16.5. The van der Waals surface area contributed by atoms with Gasteiger partial charge in [-0.3, -0.25) is 24.4 Å². The molecule has 2 aliphatic carbocycles. The number of hydrogen-bond donors (Lipinski definition) is 2. The van der Waals surface area contributed by atoms with Gasteiger partial charge in [0.1, 0.15) is 18.1 Å². The Morgan fingerprint density at radius 1 is 1.21 bits per heavy atom. The third kappa shape index (κ3) is 4.73. The van der Waals surface area contributed by atoms with Crippen LogP contribution >= 0.6 is 0 Å². The van der Waals surface area contributed by atoms with Crippen LogP contribution in [0.25, 0.3) is 10.9 Å². The Hall–Kier alpha value is -3.58. The first-order chi connectivity index (χ1) is 18.8. The highest BCUT2D eigenvalue weighted by Gasteiger charge is 2.69. The maximum absolute atomic E-state index is 14.0. The minimum atomic E-state index is -0.967. The molecule has 6 rings (SSSR count). The number of pyridine rings is 2. The minimum absolute atomic E-state index is 0.00920. The molecule has 0 bridgehead atoms. The lowest BCUT2D eigenvalue weighted by Gasteiger charge is -2.33. The lowest BCUT2D eigenvalue weighted by atomic mass is 9.98. The summed E-state index contributed by atoms with van der Waals surface area (Å²) in [4.78, 5) is 51.0. The summed E-state index contributed by atoms with van der Waals surface area (Å²) in [6.07, 6.45) is 8.19. The number of carbonyl (C=O) groups excluding carboxylic acids is 3. The number of rotatable bonds is 8. The van der Waals surface area contributed by atoms with Crippen molar-refractivity contribution in [3.8, 4) is 6.07 Å². The second-order valence-corrected chi connectivity index (χ2v) is 12.1. The quantitative estimate of drug-likeness (QED) is 0.533. The highest BCUT2D eigenvalue weighted by Crippen LogP contribution is 2.65. The topological polar surface area (TPSA) is 137 Å². The van der Waals surface area contributed by atoms with Gasteiger partial charge in [0.25, 0.3) is 0 Å². The van der Waals surface area contributed by atoms with E-state index >= 15 is 0 Å². The molecule has 2 aliphatic heterocycles. The van der Waals surface area contributed by atoms with Gasteiger partial charge in [-0.05, 0) is 48.1 Å². The zero-order valence-corrected chi connectivity index (χ0v) is 22.3. The fourth-order valence-corrected chi connectivity index (χ4v) is 6.59. The molecule has 6 atom stereocenters. The van der Waals surface area contributed by atoms with E-state index in [1.807, 2.05) is 6.07 Å². The molecule has 2 saturated heterocycles. The first-order valence-corrected chi connectivity index (χ1v) is 13.9. The fraction of sp³-hybridized carbons (Fsp3) is 0.586. The van der Waals surface area contributed by atoms with Gasteiger partial charge in [-0.15, -0.1) is 0 Å². The summed E-state index contributed by atoms with van der Waals surface area (Å²) in [6, 6.07) is 3.49. The standard InChI is InChI=1S/C29H34N6O4/c1-29(2)20-14-35(28(38)21(10-16-5-6-16)33-26(36)18-7-9-39-15-18)25(23(20)29)27(37)34-22(11-30)19-13-31-12-17-4-3-8-32-24(17)19/h3-4,8,12-13,16,18,20-23,25H,5-7,9-10,14-15H2,1-2H3,(H,33,36)(H,34,37)/t18-,20-,21-,22+,23-,25-/m0/s1. The number of nitriles is 1. The number of aromatic nitrogens is 2. The van der Waals surface area contributed by atoms with Crippen molar-refractivity contribution in [2.45, 2.75) is 57.7 Å². The summed E-state index contributed by atoms with van der Waals surface area (Å²) in [5.41, 5.74) is 1.04. The van der Waals surface area contributed by atoms with Crippen LogP contribution in [0.15, 0.2) is 30.7 Å². The van der Waals surface area contributed by atoms with Crippen LogP contribution in [0.4, 0.5) is 0 Å². The molecule has 10 heteroatoms. The molecule has 10 nitrogen and oxygen atoms in total. The third-order valence-electron chi connectivity index (χ3n) is 9.21. The monoisotopic (exact) mass is 530 g/mol. The molecule has 4 heterocycles. The van der Waals surface area contributed by atoms with Crippen LogP contribution in [0.5, 0.6) is 0 Å². The molecule has 4 aliphatic rings. The molecule has 4 fully saturated rings. The van der Waals surface area contributed by atoms with Gasteiger partial charge in [-0.1, -0.05) is 26.7 Å². The number of ether oxygens (including phenoxy) is 1. The number of likely N-dealkylation sites (tertiary alicyclic amines) is 1. The molecule has 0 spiro atoms. The smallest absolute Gasteiger partial charge is 0.245 e. The van der Waals surface area contributed by atoms with Gasteiger partial charge in [0.2, 0.25) is 17.7 Å². The summed E-state index contributed by atoms with van der Waals surface area (Å²) in [7, 11) is 0. The van der Waals surface area contributed by atoms with E-state index in [9.17, 15) is 19.6 Å². The number of hydrogen-bond acceptors (Lipinski definition) is 7. The van der Waals surface area contributed by atoms with Gasteiger partial charge in [0.05, 0.1) is 24.1 Å². The Morgan fingerprint density at radius 2 is 2.03 bits per heavy atom. The number of carbonyl (C=O) groups is 3. The van der Waals surface area contributed by atoms with Crippen molar-refractivity contribution in [2.75, 3.05) is 19.8 Å². The molecule has 2 aromatic rings. The number of nitrogens with one attached hydrogen (secondary N) is 2. The third-order valence-corrected chi connectivity index (χ3v) is 9.21. The Bertz CT molecular complexity index is 1340. The van der Waals surface area contributed by atoms with Crippen molar-refractivity contribution in [2.24, 2.45) is 29.1 Å². The van der Waals surface area contributed by atoms with Gasteiger partial charge in [0.15, 0.2) is 0 Å². The van der Waals surface area contributed by atoms with Crippen molar-refractivity contribution in [1.29, 1.82) is 5.26 Å². The predicted octanol–water partition coefficient (Wildman–Crippen LogP) is 2.12. The highest BCUT2D eigenvalue weighted by molar-refractivity contribution is 5.94. The fourth-order valence-electron chi connectivity index (χ4n) is 6.59. The molecule has 39 heavy (non-hydrogen) atoms. The van der Waals surface area contributed by atoms with Crippen molar-refractivity contribution >= 4 is 28.6 Å². The van der Waals surface area contributed by atoms with Gasteiger partial charge in [0, 0.05) is 42.7 Å². The summed E-state index contributed by atoms with van der Waals surface area (Å²) in [5, 5.41) is 16.7.